The van der Waals surface area contributed by atoms with E-state index in [1.807, 2.05) is 18.2 Å². The van der Waals surface area contributed by atoms with Crippen LogP contribution in [0.5, 0.6) is 5.75 Å². The predicted octanol–water partition coefficient (Wildman–Crippen LogP) is 4.09. The second kappa shape index (κ2) is 5.58. The van der Waals surface area contributed by atoms with Gasteiger partial charge in [-0.1, -0.05) is 0 Å². The number of nitrogens with one attached hydrogen (secondary N) is 2. The van der Waals surface area contributed by atoms with E-state index in [2.05, 4.69) is 10.6 Å². The summed E-state index contributed by atoms with van der Waals surface area (Å²) in [6, 6.07) is 14.1. The molecule has 0 saturated carbocycles. The quantitative estimate of drug-likeness (QED) is 0.760. The van der Waals surface area contributed by atoms with Crippen LogP contribution in [-0.4, -0.2) is 13.1 Å². The van der Waals surface area contributed by atoms with E-state index in [1.54, 1.807) is 43.7 Å². The van der Waals surface area contributed by atoms with Crippen molar-refractivity contribution < 1.29 is 13.9 Å². The van der Waals surface area contributed by atoms with Crippen molar-refractivity contribution in [1.29, 1.82) is 0 Å². The predicted molar refractivity (Wildman–Crippen MR) is 81.8 cm³/mol. The first-order valence-corrected chi connectivity index (χ1v) is 6.44. The molecule has 21 heavy (non-hydrogen) atoms. The standard InChI is InChI=1S/C16H14N2O3/c1-20-14-5-2-12(3-6-14)17-16(19)18-13-4-7-15-11(10-13)8-9-21-15/h2-10H,1H3,(H2,17,18,19). The molecule has 3 aromatic rings. The van der Waals surface area contributed by atoms with Gasteiger partial charge >= 0.3 is 6.03 Å². The van der Waals surface area contributed by atoms with Gasteiger partial charge in [-0.15, -0.1) is 0 Å². The van der Waals surface area contributed by atoms with E-state index in [-0.39, 0.29) is 6.03 Å². The molecule has 0 atom stereocenters. The molecule has 5 nitrogen and oxygen atoms in total. The first-order valence-electron chi connectivity index (χ1n) is 6.44. The lowest BCUT2D eigenvalue weighted by Gasteiger charge is -2.08. The molecule has 0 saturated heterocycles. The van der Waals surface area contributed by atoms with Crippen LogP contribution in [0.3, 0.4) is 0 Å². The van der Waals surface area contributed by atoms with Crippen LogP contribution < -0.4 is 15.4 Å². The number of hydrogen-bond acceptors (Lipinski definition) is 3. The highest BCUT2D eigenvalue weighted by molar-refractivity contribution is 6.00. The average molecular weight is 282 g/mol. The van der Waals surface area contributed by atoms with E-state index in [0.717, 1.165) is 16.7 Å². The third-order valence-corrected chi connectivity index (χ3v) is 3.06. The van der Waals surface area contributed by atoms with E-state index < -0.39 is 0 Å². The van der Waals surface area contributed by atoms with Crippen molar-refractivity contribution in [3.05, 3.63) is 54.8 Å². The van der Waals surface area contributed by atoms with Crippen LogP contribution in [-0.2, 0) is 0 Å². The van der Waals surface area contributed by atoms with Gasteiger partial charge in [-0.05, 0) is 48.5 Å². The molecule has 2 aromatic carbocycles. The molecule has 0 aliphatic rings. The first-order chi connectivity index (χ1) is 10.2. The monoisotopic (exact) mass is 282 g/mol. The molecule has 3 rings (SSSR count). The maximum atomic E-state index is 11.9. The minimum atomic E-state index is -0.303. The normalized spacial score (nSPS) is 10.3. The van der Waals surface area contributed by atoms with Gasteiger partial charge in [-0.2, -0.15) is 0 Å². The van der Waals surface area contributed by atoms with E-state index >= 15 is 0 Å². The van der Waals surface area contributed by atoms with Crippen molar-refractivity contribution in [1.82, 2.24) is 0 Å². The Morgan fingerprint density at radius 2 is 1.71 bits per heavy atom. The van der Waals surface area contributed by atoms with Crippen LogP contribution in [0.4, 0.5) is 16.2 Å². The number of methoxy groups -OCH3 is 1. The minimum Gasteiger partial charge on any atom is -0.497 e. The number of hydrogen-bond donors (Lipinski definition) is 2. The van der Waals surface area contributed by atoms with Gasteiger partial charge in [0.25, 0.3) is 0 Å². The molecule has 0 aliphatic heterocycles. The molecule has 106 valence electrons. The average Bonchev–Trinajstić information content (AvgIpc) is 2.95. The zero-order valence-corrected chi connectivity index (χ0v) is 11.4. The van der Waals surface area contributed by atoms with E-state index in [1.165, 1.54) is 0 Å². The third-order valence-electron chi connectivity index (χ3n) is 3.06. The summed E-state index contributed by atoms with van der Waals surface area (Å²) in [5, 5.41) is 6.47. The lowest BCUT2D eigenvalue weighted by molar-refractivity contribution is 0.262. The Morgan fingerprint density at radius 3 is 2.48 bits per heavy atom. The van der Waals surface area contributed by atoms with Crippen molar-refractivity contribution >= 4 is 28.4 Å². The van der Waals surface area contributed by atoms with Crippen LogP contribution in [0.15, 0.2) is 59.2 Å². The summed E-state index contributed by atoms with van der Waals surface area (Å²) in [5.41, 5.74) is 2.18. The van der Waals surface area contributed by atoms with Crippen LogP contribution in [0.2, 0.25) is 0 Å². The second-order valence-corrected chi connectivity index (χ2v) is 4.48. The summed E-state index contributed by atoms with van der Waals surface area (Å²) in [7, 11) is 1.60. The molecule has 0 fully saturated rings. The smallest absolute Gasteiger partial charge is 0.323 e. The fourth-order valence-electron chi connectivity index (χ4n) is 2.01. The van der Waals surface area contributed by atoms with Crippen molar-refractivity contribution in [2.45, 2.75) is 0 Å². The van der Waals surface area contributed by atoms with Gasteiger partial charge in [-0.3, -0.25) is 0 Å². The number of amides is 2. The molecular weight excluding hydrogens is 268 g/mol. The van der Waals surface area contributed by atoms with Crippen LogP contribution in [0, 0.1) is 0 Å². The fraction of sp³-hybridized carbons (Fsp3) is 0.0625. The van der Waals surface area contributed by atoms with Gasteiger partial charge in [0.15, 0.2) is 0 Å². The Labute approximate surface area is 121 Å². The van der Waals surface area contributed by atoms with Crippen LogP contribution >= 0.6 is 0 Å². The number of carbonyl (C=O) groups excluding carboxylic acids is 1. The molecule has 0 aliphatic carbocycles. The maximum absolute atomic E-state index is 11.9. The Bertz CT molecular complexity index is 763. The number of urea groups is 1. The second-order valence-electron chi connectivity index (χ2n) is 4.48. The Balaban J connectivity index is 1.67. The SMILES string of the molecule is COc1ccc(NC(=O)Nc2ccc3occc3c2)cc1. The van der Waals surface area contributed by atoms with E-state index in [9.17, 15) is 4.79 Å². The van der Waals surface area contributed by atoms with Gasteiger partial charge < -0.3 is 19.8 Å². The summed E-state index contributed by atoms with van der Waals surface area (Å²) in [5.74, 6) is 0.742. The fourth-order valence-corrected chi connectivity index (χ4v) is 2.01. The van der Waals surface area contributed by atoms with Crippen LogP contribution in [0.25, 0.3) is 11.0 Å². The molecule has 1 aromatic heterocycles. The largest absolute Gasteiger partial charge is 0.497 e. The molecule has 5 heteroatoms. The first kappa shape index (κ1) is 13.1. The van der Waals surface area contributed by atoms with Crippen molar-refractivity contribution in [2.75, 3.05) is 17.7 Å². The third kappa shape index (κ3) is 2.97. The number of benzene rings is 2. The summed E-state index contributed by atoms with van der Waals surface area (Å²) in [4.78, 5) is 11.9. The molecule has 0 spiro atoms. The molecule has 0 bridgehead atoms. The lowest BCUT2D eigenvalue weighted by atomic mass is 10.2. The Morgan fingerprint density at radius 1 is 1.00 bits per heavy atom. The zero-order valence-electron chi connectivity index (χ0n) is 11.4. The lowest BCUT2D eigenvalue weighted by Crippen LogP contribution is -2.19. The van der Waals surface area contributed by atoms with Crippen molar-refractivity contribution in [3.63, 3.8) is 0 Å². The highest BCUT2D eigenvalue weighted by Crippen LogP contribution is 2.20. The summed E-state index contributed by atoms with van der Waals surface area (Å²) in [6.45, 7) is 0. The number of carbonyl (C=O) groups is 1. The molecule has 0 unspecified atom stereocenters. The molecule has 2 N–H and O–H groups in total. The molecule has 1 heterocycles. The van der Waals surface area contributed by atoms with Gasteiger partial charge in [0, 0.05) is 16.8 Å². The number of anilines is 2. The zero-order chi connectivity index (χ0) is 14.7. The number of fused-ring (bicyclic) bond motifs is 1. The van der Waals surface area contributed by atoms with Crippen molar-refractivity contribution in [3.8, 4) is 5.75 Å². The number of furan rings is 1. The molecular formula is C16H14N2O3. The maximum Gasteiger partial charge on any atom is 0.323 e. The van der Waals surface area contributed by atoms with E-state index in [4.69, 9.17) is 9.15 Å². The summed E-state index contributed by atoms with van der Waals surface area (Å²) in [6.07, 6.45) is 1.62. The highest BCUT2D eigenvalue weighted by Gasteiger charge is 2.04. The summed E-state index contributed by atoms with van der Waals surface area (Å²) >= 11 is 0. The highest BCUT2D eigenvalue weighted by atomic mass is 16.5. The van der Waals surface area contributed by atoms with Gasteiger partial charge in [0.05, 0.1) is 13.4 Å². The Hall–Kier alpha value is -2.95. The topological polar surface area (TPSA) is 63.5 Å². The Kier molecular flexibility index (Phi) is 3.47. The summed E-state index contributed by atoms with van der Waals surface area (Å²) < 4.78 is 10.3. The number of rotatable bonds is 3. The molecule has 0 radical (unpaired) electrons. The van der Waals surface area contributed by atoms with Crippen LogP contribution in [0.1, 0.15) is 0 Å². The minimum absolute atomic E-state index is 0.303. The van der Waals surface area contributed by atoms with Crippen molar-refractivity contribution in [2.24, 2.45) is 0 Å². The van der Waals surface area contributed by atoms with E-state index in [0.29, 0.717) is 11.4 Å². The number of ether oxygens (including phenoxy) is 1. The van der Waals surface area contributed by atoms with Gasteiger partial charge in [0.2, 0.25) is 0 Å². The van der Waals surface area contributed by atoms with Gasteiger partial charge in [0.1, 0.15) is 11.3 Å². The van der Waals surface area contributed by atoms with Gasteiger partial charge in [-0.25, -0.2) is 4.79 Å². The molecule has 2 amide bonds.